The summed E-state index contributed by atoms with van der Waals surface area (Å²) in [5, 5.41) is 6.67. The molecule has 0 amide bonds. The van der Waals surface area contributed by atoms with Crippen LogP contribution in [0.3, 0.4) is 0 Å². The smallest absolute Gasteiger partial charge is 0.165 e. The number of aldehydes is 1. The van der Waals surface area contributed by atoms with E-state index in [1.165, 1.54) is 12.8 Å². The highest BCUT2D eigenvalue weighted by atomic mass is 16.5. The maximum Gasteiger partial charge on any atom is 0.165 e. The Morgan fingerprint density at radius 2 is 1.92 bits per heavy atom. The molecule has 3 atom stereocenters. The van der Waals surface area contributed by atoms with Crippen molar-refractivity contribution in [2.75, 3.05) is 7.11 Å². The molecule has 1 aliphatic heterocycles. The van der Waals surface area contributed by atoms with Crippen molar-refractivity contribution in [3.63, 3.8) is 0 Å². The molecule has 0 saturated heterocycles. The molecule has 2 aromatic carbocycles. The van der Waals surface area contributed by atoms with Gasteiger partial charge in [-0.05, 0) is 68.4 Å². The van der Waals surface area contributed by atoms with Gasteiger partial charge in [-0.2, -0.15) is 5.10 Å². The molecular formula is C30H39N3O4. The number of hydrogen-bond donors (Lipinski definition) is 1. The summed E-state index contributed by atoms with van der Waals surface area (Å²) >= 11 is 0. The highest BCUT2D eigenvalue weighted by molar-refractivity contribution is 6.03. The van der Waals surface area contributed by atoms with Crippen LogP contribution in [0.2, 0.25) is 0 Å². The Balaban J connectivity index is 1.70. The first-order valence-electron chi connectivity index (χ1n) is 13.4. The van der Waals surface area contributed by atoms with Crippen LogP contribution in [0.15, 0.2) is 47.6 Å². The predicted octanol–water partition coefficient (Wildman–Crippen LogP) is 5.52. The standard InChI is InChI=1S/C30H39N3O4/c1-5-20-16-24(18-34)33(30(31)23-10-8-9-22(15-23)29(35)19(2)3)32-28(20)21-13-14-26(36-4)27(17-21)37-25-11-6-7-12-25/h8-10,13-15,17-20,24-25,30H,5-7,11-12,16,31H2,1-4H3. The fraction of sp³-hybridized carbons (Fsp3) is 0.500. The Bertz CT molecular complexity index is 1140. The summed E-state index contributed by atoms with van der Waals surface area (Å²) in [6, 6.07) is 12.8. The molecule has 2 aliphatic rings. The van der Waals surface area contributed by atoms with Crippen molar-refractivity contribution in [2.24, 2.45) is 22.7 Å². The van der Waals surface area contributed by atoms with Gasteiger partial charge in [0.1, 0.15) is 18.5 Å². The van der Waals surface area contributed by atoms with Crippen molar-refractivity contribution in [2.45, 2.75) is 77.6 Å². The molecule has 0 spiro atoms. The molecule has 1 fully saturated rings. The second kappa shape index (κ2) is 11.9. The van der Waals surface area contributed by atoms with Crippen molar-refractivity contribution in [1.82, 2.24) is 5.01 Å². The lowest BCUT2D eigenvalue weighted by Crippen LogP contribution is -2.46. The van der Waals surface area contributed by atoms with E-state index in [1.807, 2.05) is 50.2 Å². The lowest BCUT2D eigenvalue weighted by atomic mass is 9.86. The Hall–Kier alpha value is -3.19. The van der Waals surface area contributed by atoms with Gasteiger partial charge >= 0.3 is 0 Å². The van der Waals surface area contributed by atoms with E-state index >= 15 is 0 Å². The van der Waals surface area contributed by atoms with Gasteiger partial charge in [0.15, 0.2) is 17.3 Å². The Morgan fingerprint density at radius 3 is 2.57 bits per heavy atom. The number of ether oxygens (including phenoxy) is 2. The van der Waals surface area contributed by atoms with Crippen molar-refractivity contribution in [1.29, 1.82) is 0 Å². The van der Waals surface area contributed by atoms with Gasteiger partial charge in [-0.25, -0.2) is 0 Å². The quantitative estimate of drug-likeness (QED) is 0.338. The molecule has 7 heteroatoms. The minimum absolute atomic E-state index is 0.0582. The average Bonchev–Trinajstić information content (AvgIpc) is 3.44. The van der Waals surface area contributed by atoms with Gasteiger partial charge < -0.3 is 20.0 Å². The highest BCUT2D eigenvalue weighted by Crippen LogP contribution is 2.36. The lowest BCUT2D eigenvalue weighted by molar-refractivity contribution is -0.114. The monoisotopic (exact) mass is 505 g/mol. The molecule has 2 N–H and O–H groups in total. The van der Waals surface area contributed by atoms with Crippen LogP contribution in [-0.4, -0.2) is 42.0 Å². The third-order valence-corrected chi connectivity index (χ3v) is 7.50. The van der Waals surface area contributed by atoms with E-state index in [1.54, 1.807) is 18.2 Å². The van der Waals surface area contributed by atoms with Crippen molar-refractivity contribution >= 4 is 17.8 Å². The van der Waals surface area contributed by atoms with Gasteiger partial charge in [0.05, 0.1) is 18.9 Å². The molecule has 0 aromatic heterocycles. The Labute approximate surface area is 220 Å². The minimum atomic E-state index is -0.671. The molecule has 4 rings (SSSR count). The topological polar surface area (TPSA) is 94.2 Å². The van der Waals surface area contributed by atoms with Crippen molar-refractivity contribution in [3.05, 3.63) is 59.2 Å². The fourth-order valence-corrected chi connectivity index (χ4v) is 5.31. The van der Waals surface area contributed by atoms with Gasteiger partial charge in [-0.1, -0.05) is 39.0 Å². The number of hydrogen-bond acceptors (Lipinski definition) is 7. The van der Waals surface area contributed by atoms with Gasteiger partial charge in [0, 0.05) is 23.0 Å². The zero-order chi connectivity index (χ0) is 26.5. The number of rotatable bonds is 10. The summed E-state index contributed by atoms with van der Waals surface area (Å²) in [4.78, 5) is 24.7. The zero-order valence-corrected chi connectivity index (χ0v) is 22.4. The molecule has 3 unspecified atom stereocenters. The van der Waals surface area contributed by atoms with E-state index in [4.69, 9.17) is 20.3 Å². The SMILES string of the molecule is CCC1CC(C=O)N(C(N)c2cccc(C(=O)C(C)C)c2)N=C1c1ccc(OC)c(OC2CCCC2)c1. The first kappa shape index (κ1) is 26.9. The molecule has 198 valence electrons. The first-order chi connectivity index (χ1) is 17.9. The van der Waals surface area contributed by atoms with E-state index in [0.29, 0.717) is 17.7 Å². The van der Waals surface area contributed by atoms with E-state index in [-0.39, 0.29) is 23.7 Å². The van der Waals surface area contributed by atoms with Crippen LogP contribution in [0.1, 0.15) is 86.9 Å². The van der Waals surface area contributed by atoms with Crippen molar-refractivity contribution in [3.8, 4) is 11.5 Å². The van der Waals surface area contributed by atoms with Crippen LogP contribution in [0.25, 0.3) is 0 Å². The summed E-state index contributed by atoms with van der Waals surface area (Å²) in [6.07, 6.45) is 6.37. The van der Waals surface area contributed by atoms with Crippen LogP contribution in [0, 0.1) is 11.8 Å². The van der Waals surface area contributed by atoms with Crippen LogP contribution in [0.5, 0.6) is 11.5 Å². The van der Waals surface area contributed by atoms with Crippen molar-refractivity contribution < 1.29 is 19.1 Å². The largest absolute Gasteiger partial charge is 0.493 e. The van der Waals surface area contributed by atoms with Crippen LogP contribution >= 0.6 is 0 Å². The molecule has 0 radical (unpaired) electrons. The maximum absolute atomic E-state index is 12.6. The summed E-state index contributed by atoms with van der Waals surface area (Å²) in [7, 11) is 1.65. The number of benzene rings is 2. The highest BCUT2D eigenvalue weighted by Gasteiger charge is 2.34. The molecule has 37 heavy (non-hydrogen) atoms. The normalized spacial score (nSPS) is 21.0. The van der Waals surface area contributed by atoms with E-state index in [9.17, 15) is 9.59 Å². The predicted molar refractivity (Wildman–Crippen MR) is 145 cm³/mol. The summed E-state index contributed by atoms with van der Waals surface area (Å²) in [6.45, 7) is 5.87. The van der Waals surface area contributed by atoms with E-state index < -0.39 is 12.2 Å². The number of nitrogens with two attached hydrogens (primary N) is 1. The zero-order valence-electron chi connectivity index (χ0n) is 22.4. The van der Waals surface area contributed by atoms with Gasteiger partial charge in [0.25, 0.3) is 0 Å². The fourth-order valence-electron chi connectivity index (χ4n) is 5.31. The third kappa shape index (κ3) is 5.87. The van der Waals surface area contributed by atoms with Crippen LogP contribution in [-0.2, 0) is 4.79 Å². The third-order valence-electron chi connectivity index (χ3n) is 7.50. The number of nitrogens with zero attached hydrogens (tertiary/aromatic N) is 2. The summed E-state index contributed by atoms with van der Waals surface area (Å²) in [5.41, 5.74) is 9.87. The first-order valence-corrected chi connectivity index (χ1v) is 13.4. The Morgan fingerprint density at radius 1 is 1.16 bits per heavy atom. The molecule has 7 nitrogen and oxygen atoms in total. The second-order valence-electron chi connectivity index (χ2n) is 10.4. The molecule has 2 aromatic rings. The van der Waals surface area contributed by atoms with Crippen LogP contribution in [0.4, 0.5) is 0 Å². The lowest BCUT2D eigenvalue weighted by Gasteiger charge is -2.38. The molecule has 1 saturated carbocycles. The summed E-state index contributed by atoms with van der Waals surface area (Å²) < 4.78 is 11.9. The molecule has 1 aliphatic carbocycles. The second-order valence-corrected chi connectivity index (χ2v) is 10.4. The summed E-state index contributed by atoms with van der Waals surface area (Å²) in [5.74, 6) is 1.46. The number of ketones is 1. The van der Waals surface area contributed by atoms with Gasteiger partial charge in [-0.3, -0.25) is 9.80 Å². The number of hydrazone groups is 1. The number of carbonyl (C=O) groups is 2. The maximum atomic E-state index is 12.6. The van der Waals surface area contributed by atoms with E-state index in [2.05, 4.69) is 6.92 Å². The van der Waals surface area contributed by atoms with Gasteiger partial charge in [0.2, 0.25) is 0 Å². The number of methoxy groups -OCH3 is 1. The minimum Gasteiger partial charge on any atom is -0.493 e. The molecule has 1 heterocycles. The Kier molecular flexibility index (Phi) is 8.64. The molecular weight excluding hydrogens is 466 g/mol. The van der Waals surface area contributed by atoms with Crippen LogP contribution < -0.4 is 15.2 Å². The van der Waals surface area contributed by atoms with Gasteiger partial charge in [-0.15, -0.1) is 0 Å². The molecule has 0 bridgehead atoms. The number of carbonyl (C=O) groups excluding carboxylic acids is 2. The van der Waals surface area contributed by atoms with E-state index in [0.717, 1.165) is 48.1 Å². The number of Topliss-reactive ketones (excluding diaryl/α,β-unsaturated/α-hetero) is 1. The average molecular weight is 506 g/mol.